The number of carbonyl (C=O) groups is 3. The summed E-state index contributed by atoms with van der Waals surface area (Å²) >= 11 is 6.44. The van der Waals surface area contributed by atoms with Crippen LogP contribution in [-0.2, 0) is 15.0 Å². The van der Waals surface area contributed by atoms with Gasteiger partial charge in [-0.3, -0.25) is 14.4 Å². The van der Waals surface area contributed by atoms with Crippen LogP contribution in [0, 0.1) is 0 Å². The number of benzene rings is 1. The molecule has 0 spiro atoms. The normalized spacial score (nSPS) is 15.0. The maximum Gasteiger partial charge on any atom is 0.253 e. The Labute approximate surface area is 172 Å². The number of fused-ring (bicyclic) bond motifs is 1. The van der Waals surface area contributed by atoms with Crippen LogP contribution in [0.1, 0.15) is 69.8 Å². The summed E-state index contributed by atoms with van der Waals surface area (Å²) in [5.74, 6) is -0.326. The summed E-state index contributed by atoms with van der Waals surface area (Å²) in [5, 5.41) is 6.00. The highest BCUT2D eigenvalue weighted by atomic mass is 35.5. The molecule has 6 nitrogen and oxygen atoms in total. The Balaban J connectivity index is 2.47. The molecule has 0 fully saturated rings. The SMILES string of the molecule is CCC(=O)NCCN1C(=O)C(CC)(CC)c2cc(Cl)c(C(=O)NC(C)C)cc21. The van der Waals surface area contributed by atoms with Crippen molar-refractivity contribution < 1.29 is 14.4 Å². The minimum atomic E-state index is -0.652. The van der Waals surface area contributed by atoms with Crippen molar-refractivity contribution in [1.82, 2.24) is 10.6 Å². The Morgan fingerprint density at radius 1 is 1.18 bits per heavy atom. The molecule has 0 aromatic heterocycles. The van der Waals surface area contributed by atoms with Crippen molar-refractivity contribution in [2.45, 2.75) is 65.3 Å². The summed E-state index contributed by atoms with van der Waals surface area (Å²) in [6, 6.07) is 3.45. The second-order valence-corrected chi connectivity index (χ2v) is 7.83. The Morgan fingerprint density at radius 2 is 1.82 bits per heavy atom. The molecule has 0 radical (unpaired) electrons. The van der Waals surface area contributed by atoms with Gasteiger partial charge < -0.3 is 15.5 Å². The fourth-order valence-electron chi connectivity index (χ4n) is 3.75. The number of carbonyl (C=O) groups excluding carboxylic acids is 3. The average Bonchev–Trinajstić information content (AvgIpc) is 2.87. The molecule has 0 bridgehead atoms. The predicted molar refractivity (Wildman–Crippen MR) is 112 cm³/mol. The van der Waals surface area contributed by atoms with E-state index in [1.807, 2.05) is 27.7 Å². The van der Waals surface area contributed by atoms with Crippen molar-refractivity contribution in [3.8, 4) is 0 Å². The van der Waals surface area contributed by atoms with Crippen LogP contribution >= 0.6 is 11.6 Å². The van der Waals surface area contributed by atoms with Crippen LogP contribution in [0.4, 0.5) is 5.69 Å². The molecule has 1 heterocycles. The van der Waals surface area contributed by atoms with Crippen LogP contribution in [-0.4, -0.2) is 36.9 Å². The van der Waals surface area contributed by atoms with Crippen LogP contribution in [0.25, 0.3) is 0 Å². The minimum Gasteiger partial charge on any atom is -0.354 e. The van der Waals surface area contributed by atoms with Gasteiger partial charge in [-0.2, -0.15) is 0 Å². The molecular weight excluding hydrogens is 378 g/mol. The minimum absolute atomic E-state index is 0.00395. The van der Waals surface area contributed by atoms with Crippen molar-refractivity contribution >= 4 is 35.0 Å². The van der Waals surface area contributed by atoms with Gasteiger partial charge in [0.1, 0.15) is 0 Å². The molecule has 0 aliphatic carbocycles. The van der Waals surface area contributed by atoms with E-state index in [2.05, 4.69) is 10.6 Å². The number of nitrogens with zero attached hydrogens (tertiary/aromatic N) is 1. The van der Waals surface area contributed by atoms with Crippen molar-refractivity contribution in [3.05, 3.63) is 28.3 Å². The Hall–Kier alpha value is -2.08. The fraction of sp³-hybridized carbons (Fsp3) is 0.571. The third kappa shape index (κ3) is 4.02. The molecule has 0 saturated heterocycles. The van der Waals surface area contributed by atoms with Gasteiger partial charge in [0.15, 0.2) is 0 Å². The van der Waals surface area contributed by atoms with Crippen LogP contribution in [0.15, 0.2) is 12.1 Å². The van der Waals surface area contributed by atoms with Gasteiger partial charge in [0.2, 0.25) is 11.8 Å². The predicted octanol–water partition coefficient (Wildman–Crippen LogP) is 3.41. The summed E-state index contributed by atoms with van der Waals surface area (Å²) in [6.45, 7) is 10.2. The zero-order valence-electron chi connectivity index (χ0n) is 17.3. The molecule has 2 rings (SSSR count). The molecule has 0 saturated carbocycles. The van der Waals surface area contributed by atoms with Gasteiger partial charge in [-0.25, -0.2) is 0 Å². The number of rotatable bonds is 8. The van der Waals surface area contributed by atoms with Gasteiger partial charge in [-0.1, -0.05) is 32.4 Å². The number of anilines is 1. The summed E-state index contributed by atoms with van der Waals surface area (Å²) < 4.78 is 0. The second-order valence-electron chi connectivity index (χ2n) is 7.43. The smallest absolute Gasteiger partial charge is 0.253 e. The first-order valence-electron chi connectivity index (χ1n) is 9.95. The molecule has 1 aliphatic heterocycles. The summed E-state index contributed by atoms with van der Waals surface area (Å²) in [6.07, 6.45) is 1.68. The van der Waals surface area contributed by atoms with Crippen LogP contribution < -0.4 is 15.5 Å². The van der Waals surface area contributed by atoms with E-state index < -0.39 is 5.41 Å². The molecule has 1 aromatic rings. The molecule has 1 aliphatic rings. The highest BCUT2D eigenvalue weighted by Crippen LogP contribution is 2.47. The molecule has 0 atom stereocenters. The monoisotopic (exact) mass is 407 g/mol. The molecular formula is C21H30ClN3O3. The standard InChI is InChI=1S/C21H30ClN3O3/c1-6-18(26)23-9-10-25-17-11-14(19(27)24-13(4)5)16(22)12-15(17)21(7-2,8-3)20(25)28/h11-13H,6-10H2,1-5H3,(H,23,26)(H,24,27). The van der Waals surface area contributed by atoms with Crippen LogP contribution in [0.3, 0.4) is 0 Å². The summed E-state index contributed by atoms with van der Waals surface area (Å²) in [5.41, 5.74) is 1.27. The second kappa shape index (κ2) is 8.95. The van der Waals surface area contributed by atoms with Gasteiger partial charge in [0.05, 0.1) is 16.0 Å². The van der Waals surface area contributed by atoms with Gasteiger partial charge in [-0.05, 0) is 44.4 Å². The third-order valence-electron chi connectivity index (χ3n) is 5.40. The summed E-state index contributed by atoms with van der Waals surface area (Å²) in [4.78, 5) is 39.1. The lowest BCUT2D eigenvalue weighted by molar-refractivity contribution is -0.124. The number of hydrogen-bond donors (Lipinski definition) is 2. The maximum atomic E-state index is 13.3. The lowest BCUT2D eigenvalue weighted by atomic mass is 9.77. The third-order valence-corrected chi connectivity index (χ3v) is 5.71. The largest absolute Gasteiger partial charge is 0.354 e. The zero-order chi connectivity index (χ0) is 21.1. The number of halogens is 1. The van der Waals surface area contributed by atoms with Crippen molar-refractivity contribution in [3.63, 3.8) is 0 Å². The van der Waals surface area contributed by atoms with E-state index in [1.165, 1.54) is 0 Å². The molecule has 2 N–H and O–H groups in total. The van der Waals surface area contributed by atoms with E-state index in [0.717, 1.165) is 5.56 Å². The molecule has 3 amide bonds. The van der Waals surface area contributed by atoms with E-state index in [0.29, 0.717) is 48.6 Å². The van der Waals surface area contributed by atoms with Gasteiger partial charge in [0, 0.05) is 31.2 Å². The highest BCUT2D eigenvalue weighted by Gasteiger charge is 2.48. The van der Waals surface area contributed by atoms with E-state index in [1.54, 1.807) is 24.0 Å². The number of hydrogen-bond acceptors (Lipinski definition) is 3. The van der Waals surface area contributed by atoms with Crippen LogP contribution in [0.5, 0.6) is 0 Å². The van der Waals surface area contributed by atoms with E-state index in [9.17, 15) is 14.4 Å². The maximum absolute atomic E-state index is 13.3. The van der Waals surface area contributed by atoms with E-state index >= 15 is 0 Å². The van der Waals surface area contributed by atoms with Crippen molar-refractivity contribution in [1.29, 1.82) is 0 Å². The Morgan fingerprint density at radius 3 is 2.36 bits per heavy atom. The quantitative estimate of drug-likeness (QED) is 0.693. The molecule has 7 heteroatoms. The molecule has 0 unspecified atom stereocenters. The average molecular weight is 408 g/mol. The lowest BCUT2D eigenvalue weighted by Crippen LogP contribution is -2.43. The van der Waals surface area contributed by atoms with E-state index in [4.69, 9.17) is 11.6 Å². The number of amides is 3. The first kappa shape index (κ1) is 22.2. The highest BCUT2D eigenvalue weighted by molar-refractivity contribution is 6.34. The first-order valence-corrected chi connectivity index (χ1v) is 10.3. The van der Waals surface area contributed by atoms with Gasteiger partial charge in [0.25, 0.3) is 5.91 Å². The van der Waals surface area contributed by atoms with Gasteiger partial charge >= 0.3 is 0 Å². The molecule has 154 valence electrons. The van der Waals surface area contributed by atoms with Gasteiger partial charge in [-0.15, -0.1) is 0 Å². The first-order chi connectivity index (χ1) is 13.2. The fourth-order valence-corrected chi connectivity index (χ4v) is 4.00. The van der Waals surface area contributed by atoms with Crippen molar-refractivity contribution in [2.24, 2.45) is 0 Å². The molecule has 1 aromatic carbocycles. The summed E-state index contributed by atoms with van der Waals surface area (Å²) in [7, 11) is 0. The van der Waals surface area contributed by atoms with E-state index in [-0.39, 0.29) is 23.8 Å². The topological polar surface area (TPSA) is 78.5 Å². The Kier molecular flexibility index (Phi) is 7.10. The van der Waals surface area contributed by atoms with Crippen LogP contribution in [0.2, 0.25) is 5.02 Å². The van der Waals surface area contributed by atoms with Crippen molar-refractivity contribution in [2.75, 3.05) is 18.0 Å². The molecule has 28 heavy (non-hydrogen) atoms. The number of nitrogens with one attached hydrogen (secondary N) is 2. The zero-order valence-corrected chi connectivity index (χ0v) is 18.1. The lowest BCUT2D eigenvalue weighted by Gasteiger charge is -2.26. The Bertz CT molecular complexity index is 772.